The molecule has 1 atom stereocenters. The Morgan fingerprint density at radius 3 is 3.16 bits per heavy atom. The van der Waals surface area contributed by atoms with Crippen LogP contribution in [0.15, 0.2) is 12.5 Å². The molecule has 0 spiro atoms. The summed E-state index contributed by atoms with van der Waals surface area (Å²) in [5, 5.41) is 4.53. The second-order valence-corrected chi connectivity index (χ2v) is 4.98. The Morgan fingerprint density at radius 1 is 1.42 bits per heavy atom. The van der Waals surface area contributed by atoms with E-state index in [2.05, 4.69) is 27.2 Å². The second kappa shape index (κ2) is 5.57. The number of nitrogens with one attached hydrogen (secondary N) is 2. The van der Waals surface area contributed by atoms with E-state index in [1.54, 1.807) is 6.33 Å². The number of hydrogen-bond donors (Lipinski definition) is 2. The van der Waals surface area contributed by atoms with Gasteiger partial charge in [-0.05, 0) is 31.2 Å². The lowest BCUT2D eigenvalue weighted by molar-refractivity contribution is 0.0247. The van der Waals surface area contributed by atoms with Gasteiger partial charge in [0, 0.05) is 19.3 Å². The second-order valence-electron chi connectivity index (χ2n) is 4.98. The molecule has 3 rings (SSSR count). The summed E-state index contributed by atoms with van der Waals surface area (Å²) in [6.07, 6.45) is 8.48. The van der Waals surface area contributed by atoms with Gasteiger partial charge in [0.25, 0.3) is 0 Å². The van der Waals surface area contributed by atoms with E-state index in [0.717, 1.165) is 42.8 Å². The van der Waals surface area contributed by atoms with Gasteiger partial charge < -0.3 is 15.0 Å². The minimum atomic E-state index is 0.308. The molecule has 19 heavy (non-hydrogen) atoms. The highest BCUT2D eigenvalue weighted by Crippen LogP contribution is 2.24. The van der Waals surface area contributed by atoms with Gasteiger partial charge in [-0.15, -0.1) is 0 Å². The molecule has 0 aromatic carbocycles. The number of nitrogens with zero attached hydrogens (tertiary/aromatic N) is 2. The third kappa shape index (κ3) is 2.56. The number of fused-ring (bicyclic) bond motifs is 1. The molecular weight excluding hydrogens is 240 g/mol. The molecule has 0 amide bonds. The zero-order valence-electron chi connectivity index (χ0n) is 11.3. The SMILES string of the molecule is CCc1c[nH]c2ncnc(NCC3CCCCO3)c12. The van der Waals surface area contributed by atoms with Crippen LogP contribution < -0.4 is 5.32 Å². The number of rotatable bonds is 4. The van der Waals surface area contributed by atoms with Gasteiger partial charge in [0.05, 0.1) is 11.5 Å². The smallest absolute Gasteiger partial charge is 0.143 e. The maximum atomic E-state index is 5.74. The average molecular weight is 260 g/mol. The molecule has 5 nitrogen and oxygen atoms in total. The number of H-pyrrole nitrogens is 1. The van der Waals surface area contributed by atoms with Gasteiger partial charge in [-0.25, -0.2) is 9.97 Å². The van der Waals surface area contributed by atoms with Crippen molar-refractivity contribution in [3.05, 3.63) is 18.1 Å². The fourth-order valence-electron chi connectivity index (χ4n) is 2.62. The van der Waals surface area contributed by atoms with Crippen LogP contribution in [0, 0.1) is 0 Å². The lowest BCUT2D eigenvalue weighted by Crippen LogP contribution is -2.27. The molecule has 1 saturated heterocycles. The van der Waals surface area contributed by atoms with E-state index in [1.807, 2.05) is 6.20 Å². The number of aromatic amines is 1. The first-order valence-corrected chi connectivity index (χ1v) is 7.05. The Labute approximate surface area is 112 Å². The normalized spacial score (nSPS) is 19.7. The molecule has 0 bridgehead atoms. The van der Waals surface area contributed by atoms with Crippen LogP contribution in [0.4, 0.5) is 5.82 Å². The van der Waals surface area contributed by atoms with Gasteiger partial charge >= 0.3 is 0 Å². The van der Waals surface area contributed by atoms with Crippen molar-refractivity contribution in [1.29, 1.82) is 0 Å². The van der Waals surface area contributed by atoms with E-state index in [-0.39, 0.29) is 0 Å². The van der Waals surface area contributed by atoms with Gasteiger partial charge in [-0.1, -0.05) is 6.92 Å². The van der Waals surface area contributed by atoms with E-state index in [0.29, 0.717) is 6.10 Å². The number of anilines is 1. The Balaban J connectivity index is 1.78. The maximum Gasteiger partial charge on any atom is 0.143 e. The summed E-state index contributed by atoms with van der Waals surface area (Å²) in [7, 11) is 0. The van der Waals surface area contributed by atoms with Gasteiger partial charge in [0.15, 0.2) is 0 Å². The Morgan fingerprint density at radius 2 is 2.37 bits per heavy atom. The maximum absolute atomic E-state index is 5.74. The van der Waals surface area contributed by atoms with Crippen molar-refractivity contribution in [1.82, 2.24) is 15.0 Å². The highest BCUT2D eigenvalue weighted by molar-refractivity contribution is 5.90. The Kier molecular flexibility index (Phi) is 3.64. The van der Waals surface area contributed by atoms with Crippen LogP contribution in [0.25, 0.3) is 11.0 Å². The standard InChI is InChI=1S/C14H20N4O/c1-2-10-7-15-13-12(10)14(18-9-17-13)16-8-11-5-3-4-6-19-11/h7,9,11H,2-6,8H2,1H3,(H2,15,16,17,18). The summed E-state index contributed by atoms with van der Waals surface area (Å²) in [4.78, 5) is 11.8. The highest BCUT2D eigenvalue weighted by Gasteiger charge is 2.15. The summed E-state index contributed by atoms with van der Waals surface area (Å²) in [5.74, 6) is 0.914. The molecule has 1 unspecified atom stereocenters. The number of aryl methyl sites for hydroxylation is 1. The molecular formula is C14H20N4O. The third-order valence-electron chi connectivity index (χ3n) is 3.70. The van der Waals surface area contributed by atoms with Gasteiger partial charge in [-0.2, -0.15) is 0 Å². The van der Waals surface area contributed by atoms with Crippen LogP contribution >= 0.6 is 0 Å². The first-order chi connectivity index (χ1) is 9.38. The van der Waals surface area contributed by atoms with E-state index in [1.165, 1.54) is 18.4 Å². The topological polar surface area (TPSA) is 62.8 Å². The van der Waals surface area contributed by atoms with E-state index >= 15 is 0 Å². The monoisotopic (exact) mass is 260 g/mol. The van der Waals surface area contributed by atoms with Crippen molar-refractivity contribution >= 4 is 16.9 Å². The minimum Gasteiger partial charge on any atom is -0.376 e. The summed E-state index contributed by atoms with van der Waals surface area (Å²) < 4.78 is 5.74. The van der Waals surface area contributed by atoms with Crippen molar-refractivity contribution in [3.8, 4) is 0 Å². The van der Waals surface area contributed by atoms with Crippen molar-refractivity contribution in [2.24, 2.45) is 0 Å². The summed E-state index contributed by atoms with van der Waals surface area (Å²) in [6, 6.07) is 0. The largest absolute Gasteiger partial charge is 0.376 e. The Bertz CT molecular complexity index is 545. The lowest BCUT2D eigenvalue weighted by atomic mass is 10.1. The minimum absolute atomic E-state index is 0.308. The summed E-state index contributed by atoms with van der Waals surface area (Å²) in [6.45, 7) is 3.85. The molecule has 0 aliphatic carbocycles. The number of hydrogen-bond acceptors (Lipinski definition) is 4. The average Bonchev–Trinajstić information content (AvgIpc) is 2.90. The summed E-state index contributed by atoms with van der Waals surface area (Å²) in [5.41, 5.74) is 2.15. The van der Waals surface area contributed by atoms with Crippen molar-refractivity contribution < 1.29 is 4.74 Å². The van der Waals surface area contributed by atoms with Crippen LogP contribution in [0.1, 0.15) is 31.7 Å². The predicted molar refractivity (Wildman–Crippen MR) is 75.3 cm³/mol. The molecule has 1 aliphatic rings. The van der Waals surface area contributed by atoms with E-state index in [4.69, 9.17) is 4.74 Å². The molecule has 2 aromatic heterocycles. The third-order valence-corrected chi connectivity index (χ3v) is 3.70. The zero-order chi connectivity index (χ0) is 13.1. The van der Waals surface area contributed by atoms with Gasteiger partial charge in [-0.3, -0.25) is 0 Å². The van der Waals surface area contributed by atoms with Crippen LogP contribution in [-0.4, -0.2) is 34.2 Å². The van der Waals surface area contributed by atoms with Crippen LogP contribution in [-0.2, 0) is 11.2 Å². The fourth-order valence-corrected chi connectivity index (χ4v) is 2.62. The van der Waals surface area contributed by atoms with E-state index < -0.39 is 0 Å². The molecule has 2 N–H and O–H groups in total. The Hall–Kier alpha value is -1.62. The zero-order valence-corrected chi connectivity index (χ0v) is 11.3. The number of aromatic nitrogens is 3. The molecule has 3 heterocycles. The first kappa shape index (κ1) is 12.4. The molecule has 0 saturated carbocycles. The summed E-state index contributed by atoms with van der Waals surface area (Å²) >= 11 is 0. The van der Waals surface area contributed by atoms with Crippen LogP contribution in [0.2, 0.25) is 0 Å². The fraction of sp³-hybridized carbons (Fsp3) is 0.571. The lowest BCUT2D eigenvalue weighted by Gasteiger charge is -2.23. The van der Waals surface area contributed by atoms with Crippen molar-refractivity contribution in [2.75, 3.05) is 18.5 Å². The molecule has 0 radical (unpaired) electrons. The number of ether oxygens (including phenoxy) is 1. The van der Waals surface area contributed by atoms with Gasteiger partial charge in [0.1, 0.15) is 17.8 Å². The van der Waals surface area contributed by atoms with Crippen LogP contribution in [0.5, 0.6) is 0 Å². The molecule has 5 heteroatoms. The van der Waals surface area contributed by atoms with E-state index in [9.17, 15) is 0 Å². The van der Waals surface area contributed by atoms with Crippen molar-refractivity contribution in [3.63, 3.8) is 0 Å². The van der Waals surface area contributed by atoms with Crippen molar-refractivity contribution in [2.45, 2.75) is 38.7 Å². The molecule has 1 aliphatic heterocycles. The quantitative estimate of drug-likeness (QED) is 0.886. The highest BCUT2D eigenvalue weighted by atomic mass is 16.5. The molecule has 1 fully saturated rings. The molecule has 2 aromatic rings. The van der Waals surface area contributed by atoms with Gasteiger partial charge in [0.2, 0.25) is 0 Å². The van der Waals surface area contributed by atoms with Crippen LogP contribution in [0.3, 0.4) is 0 Å². The predicted octanol–water partition coefficient (Wildman–Crippen LogP) is 2.50. The molecule has 102 valence electrons. The first-order valence-electron chi connectivity index (χ1n) is 7.05.